The van der Waals surface area contributed by atoms with Crippen molar-refractivity contribution in [3.63, 3.8) is 0 Å². The second kappa shape index (κ2) is 8.42. The molecule has 0 saturated heterocycles. The van der Waals surface area contributed by atoms with E-state index in [1.54, 1.807) is 29.9 Å². The van der Waals surface area contributed by atoms with E-state index < -0.39 is 11.1 Å². The summed E-state index contributed by atoms with van der Waals surface area (Å²) in [6, 6.07) is 28.2. The van der Waals surface area contributed by atoms with Crippen LogP contribution in [0.4, 0.5) is 0 Å². The predicted molar refractivity (Wildman–Crippen MR) is 166 cm³/mol. The first-order valence-corrected chi connectivity index (χ1v) is 14.1. The van der Waals surface area contributed by atoms with Gasteiger partial charge in [0, 0.05) is 22.4 Å². The molecule has 0 spiro atoms. The molecule has 9 heteroatoms. The Morgan fingerprint density at radius 1 is 0.619 bits per heavy atom. The van der Waals surface area contributed by atoms with E-state index in [0.717, 1.165) is 38.3 Å². The van der Waals surface area contributed by atoms with Crippen LogP contribution in [0.1, 0.15) is 0 Å². The van der Waals surface area contributed by atoms with Gasteiger partial charge in [0.2, 0.25) is 5.13 Å². The highest BCUT2D eigenvalue weighted by atomic mass is 32.1. The highest BCUT2D eigenvalue weighted by Crippen LogP contribution is 2.37. The Morgan fingerprint density at radius 3 is 2.19 bits per heavy atom. The standard InChI is InChI=1S/C33H17N5O3S/c39-31-23-15-27-25(30-26(10-6-12-34-30)38(27)33-36-35-17-42-33)14-21(23)20-13-22-19-9-4-5-11-28(19)41-29(22)16-24(20)32(40)37(31)18-7-2-1-3-8-18/h1-17H. The van der Waals surface area contributed by atoms with Crippen LogP contribution < -0.4 is 11.1 Å². The molecule has 5 aromatic heterocycles. The number of furan rings is 1. The number of hydrogen-bond donors (Lipinski definition) is 0. The largest absolute Gasteiger partial charge is 0.456 e. The molecular weight excluding hydrogens is 546 g/mol. The molecule has 9 aromatic rings. The van der Waals surface area contributed by atoms with Crippen LogP contribution in [0.2, 0.25) is 0 Å². The van der Waals surface area contributed by atoms with Gasteiger partial charge in [0.05, 0.1) is 33.0 Å². The van der Waals surface area contributed by atoms with Crippen molar-refractivity contribution in [2.24, 2.45) is 0 Å². The summed E-state index contributed by atoms with van der Waals surface area (Å²) in [5.41, 5.74) is 5.02. The number of benzene rings is 4. The molecule has 0 saturated carbocycles. The number of pyridine rings is 1. The zero-order valence-corrected chi connectivity index (χ0v) is 22.5. The minimum Gasteiger partial charge on any atom is -0.456 e. The summed E-state index contributed by atoms with van der Waals surface area (Å²) in [5, 5.41) is 13.8. The third-order valence-electron chi connectivity index (χ3n) is 7.89. The maximum atomic E-state index is 14.4. The molecule has 0 fully saturated rings. The fourth-order valence-electron chi connectivity index (χ4n) is 6.06. The predicted octanol–water partition coefficient (Wildman–Crippen LogP) is 6.75. The van der Waals surface area contributed by atoms with E-state index in [9.17, 15) is 9.59 Å². The number of hydrogen-bond acceptors (Lipinski definition) is 7. The summed E-state index contributed by atoms with van der Waals surface area (Å²) in [5.74, 6) is 0. The van der Waals surface area contributed by atoms with Crippen LogP contribution in [0.25, 0.3) is 76.2 Å². The molecule has 0 aliphatic heterocycles. The van der Waals surface area contributed by atoms with E-state index in [1.807, 2.05) is 77.4 Å². The van der Waals surface area contributed by atoms with E-state index in [1.165, 1.54) is 15.9 Å². The number of para-hydroxylation sites is 2. The molecule has 42 heavy (non-hydrogen) atoms. The Labute approximate surface area is 239 Å². The molecule has 0 radical (unpaired) electrons. The molecular formula is C33H17N5O3S. The number of rotatable bonds is 2. The van der Waals surface area contributed by atoms with Crippen molar-refractivity contribution in [2.75, 3.05) is 0 Å². The maximum absolute atomic E-state index is 14.4. The van der Waals surface area contributed by atoms with Gasteiger partial charge in [-0.3, -0.25) is 19.1 Å². The first kappa shape index (κ1) is 23.1. The van der Waals surface area contributed by atoms with Crippen LogP contribution in [0.3, 0.4) is 0 Å². The van der Waals surface area contributed by atoms with Gasteiger partial charge in [-0.05, 0) is 65.4 Å². The Hall–Kier alpha value is -5.67. The Kier molecular flexibility index (Phi) is 4.63. The van der Waals surface area contributed by atoms with Crippen molar-refractivity contribution < 1.29 is 4.42 Å². The van der Waals surface area contributed by atoms with Crippen LogP contribution in [0, 0.1) is 0 Å². The summed E-state index contributed by atoms with van der Waals surface area (Å²) in [6.07, 6.45) is 1.75. The van der Waals surface area contributed by atoms with Crippen molar-refractivity contribution in [1.82, 2.24) is 24.3 Å². The average Bonchev–Trinajstić information content (AvgIpc) is 3.75. The number of aromatic nitrogens is 5. The van der Waals surface area contributed by atoms with Crippen molar-refractivity contribution in [3.05, 3.63) is 123 Å². The van der Waals surface area contributed by atoms with E-state index >= 15 is 0 Å². The third kappa shape index (κ3) is 3.08. The lowest BCUT2D eigenvalue weighted by atomic mass is 10.0. The first-order valence-electron chi connectivity index (χ1n) is 13.3. The monoisotopic (exact) mass is 563 g/mol. The van der Waals surface area contributed by atoms with Crippen molar-refractivity contribution in [1.29, 1.82) is 0 Å². The summed E-state index contributed by atoms with van der Waals surface area (Å²) in [4.78, 5) is 33.5. The molecule has 0 aliphatic carbocycles. The fourth-order valence-corrected chi connectivity index (χ4v) is 6.65. The second-order valence-corrected chi connectivity index (χ2v) is 10.9. The van der Waals surface area contributed by atoms with Crippen LogP contribution in [-0.4, -0.2) is 24.3 Å². The second-order valence-electron chi connectivity index (χ2n) is 10.1. The SMILES string of the molecule is O=c1c2cc3oc4ccccc4c3cc2c2cc3c4ncccc4n(-c4nncs4)c3cc2c(=O)n1-c1ccccc1. The summed E-state index contributed by atoms with van der Waals surface area (Å²) >= 11 is 1.40. The maximum Gasteiger partial charge on any atom is 0.266 e. The van der Waals surface area contributed by atoms with Crippen molar-refractivity contribution in [2.45, 2.75) is 0 Å². The Morgan fingerprint density at radius 2 is 1.38 bits per heavy atom. The van der Waals surface area contributed by atoms with Crippen LogP contribution >= 0.6 is 11.3 Å². The molecule has 9 rings (SSSR count). The molecule has 0 atom stereocenters. The molecule has 0 unspecified atom stereocenters. The van der Waals surface area contributed by atoms with Gasteiger partial charge in [-0.25, -0.2) is 4.57 Å². The number of nitrogens with zero attached hydrogens (tertiary/aromatic N) is 5. The van der Waals surface area contributed by atoms with Gasteiger partial charge in [0.15, 0.2) is 0 Å². The van der Waals surface area contributed by atoms with Crippen molar-refractivity contribution in [3.8, 4) is 10.8 Å². The van der Waals surface area contributed by atoms with Gasteiger partial charge in [0.25, 0.3) is 11.1 Å². The molecule has 0 aliphatic rings. The Bertz CT molecular complexity index is 2670. The quantitative estimate of drug-likeness (QED) is 0.231. The summed E-state index contributed by atoms with van der Waals surface area (Å²) in [6.45, 7) is 0. The van der Waals surface area contributed by atoms with Gasteiger partial charge < -0.3 is 4.42 Å². The lowest BCUT2D eigenvalue weighted by molar-refractivity contribution is 0.669. The van der Waals surface area contributed by atoms with Crippen molar-refractivity contribution >= 4 is 76.8 Å². The van der Waals surface area contributed by atoms with E-state index in [0.29, 0.717) is 37.9 Å². The number of fused-ring (bicyclic) bond motifs is 9. The zero-order valence-electron chi connectivity index (χ0n) is 21.7. The molecule has 0 bridgehead atoms. The van der Waals surface area contributed by atoms with Gasteiger partial charge in [0.1, 0.15) is 16.7 Å². The smallest absolute Gasteiger partial charge is 0.266 e. The molecule has 0 amide bonds. The lowest BCUT2D eigenvalue weighted by Gasteiger charge is -2.04. The third-order valence-corrected chi connectivity index (χ3v) is 8.56. The van der Waals surface area contributed by atoms with Gasteiger partial charge in [-0.2, -0.15) is 0 Å². The first-order chi connectivity index (χ1) is 20.7. The van der Waals surface area contributed by atoms with Crippen LogP contribution in [0.15, 0.2) is 117 Å². The lowest BCUT2D eigenvalue weighted by Crippen LogP contribution is -2.28. The molecule has 4 aromatic carbocycles. The van der Waals surface area contributed by atoms with E-state index in [4.69, 9.17) is 9.40 Å². The molecule has 8 nitrogen and oxygen atoms in total. The minimum atomic E-state index is -0.417. The van der Waals surface area contributed by atoms with Gasteiger partial charge in [-0.1, -0.05) is 47.7 Å². The summed E-state index contributed by atoms with van der Waals surface area (Å²) in [7, 11) is 0. The van der Waals surface area contributed by atoms with Crippen LogP contribution in [-0.2, 0) is 0 Å². The molecule has 0 N–H and O–H groups in total. The summed E-state index contributed by atoms with van der Waals surface area (Å²) < 4.78 is 9.37. The van der Waals surface area contributed by atoms with Gasteiger partial charge in [-0.15, -0.1) is 10.2 Å². The topological polar surface area (TPSA) is 95.8 Å². The zero-order chi connectivity index (χ0) is 27.9. The average molecular weight is 564 g/mol. The normalized spacial score (nSPS) is 12.0. The molecule has 198 valence electrons. The van der Waals surface area contributed by atoms with E-state index in [-0.39, 0.29) is 0 Å². The van der Waals surface area contributed by atoms with Gasteiger partial charge >= 0.3 is 0 Å². The van der Waals surface area contributed by atoms with E-state index in [2.05, 4.69) is 10.2 Å². The minimum absolute atomic E-state index is 0.387. The fraction of sp³-hybridized carbons (Fsp3) is 0. The highest BCUT2D eigenvalue weighted by Gasteiger charge is 2.20. The molecule has 5 heterocycles. The highest BCUT2D eigenvalue weighted by molar-refractivity contribution is 7.11. The van der Waals surface area contributed by atoms with Crippen LogP contribution in [0.5, 0.6) is 0 Å². The Balaban J connectivity index is 1.57.